The van der Waals surface area contributed by atoms with E-state index in [4.69, 9.17) is 4.84 Å². The van der Waals surface area contributed by atoms with Crippen molar-refractivity contribution in [1.82, 2.24) is 29.8 Å². The second kappa shape index (κ2) is 11.4. The summed E-state index contributed by atoms with van der Waals surface area (Å²) in [6.07, 6.45) is 1.42. The topological polar surface area (TPSA) is 90.0 Å². The Kier molecular flexibility index (Phi) is 7.82. The number of nitrogens with one attached hydrogen (secondary N) is 1. The average molecular weight is 555 g/mol. The maximum absolute atomic E-state index is 14.3. The molecule has 0 bridgehead atoms. The molecule has 5 rings (SSSR count). The van der Waals surface area contributed by atoms with Gasteiger partial charge in [0, 0.05) is 66.1 Å². The van der Waals surface area contributed by atoms with E-state index in [1.807, 2.05) is 18.2 Å². The first-order valence-electron chi connectivity index (χ1n) is 12.3. The van der Waals surface area contributed by atoms with Crippen LogP contribution >= 0.6 is 11.3 Å². The summed E-state index contributed by atoms with van der Waals surface area (Å²) in [5, 5.41) is 5.28. The summed E-state index contributed by atoms with van der Waals surface area (Å²) in [5.74, 6) is -0.122. The first-order valence-corrected chi connectivity index (χ1v) is 13.1. The number of hydroxylamine groups is 2. The van der Waals surface area contributed by atoms with Gasteiger partial charge in [-0.1, -0.05) is 11.3 Å². The standard InChI is InChI=1S/C26H28F2N8O2S/c1-33(2)38-26(37)36-12-10-35(11-13-36)16-17-8-9-29-22(14-17)31-25-30-20-5-7-23(32-24(20)39-25)34(3)21-6-4-18(27)15-19(21)28/h4-9,14-15H,10-13,16H2,1-3H3,(H,29,30,31). The van der Waals surface area contributed by atoms with Crippen LogP contribution in [0.5, 0.6) is 0 Å². The molecule has 13 heteroatoms. The zero-order chi connectivity index (χ0) is 27.5. The lowest BCUT2D eigenvalue weighted by Crippen LogP contribution is -2.49. The molecule has 1 saturated heterocycles. The van der Waals surface area contributed by atoms with Crippen molar-refractivity contribution in [2.45, 2.75) is 6.54 Å². The van der Waals surface area contributed by atoms with E-state index < -0.39 is 11.6 Å². The number of pyridine rings is 2. The second-order valence-corrected chi connectivity index (χ2v) is 10.3. The van der Waals surface area contributed by atoms with E-state index in [1.54, 1.807) is 43.2 Å². The number of amides is 1. The predicted molar refractivity (Wildman–Crippen MR) is 146 cm³/mol. The lowest BCUT2D eigenvalue weighted by molar-refractivity contribution is -0.0752. The molecule has 39 heavy (non-hydrogen) atoms. The first kappa shape index (κ1) is 26.7. The van der Waals surface area contributed by atoms with E-state index >= 15 is 0 Å². The van der Waals surface area contributed by atoms with Gasteiger partial charge in [-0.25, -0.2) is 28.5 Å². The fourth-order valence-corrected chi connectivity index (χ4v) is 5.08. The van der Waals surface area contributed by atoms with Crippen LogP contribution in [0.15, 0.2) is 48.7 Å². The lowest BCUT2D eigenvalue weighted by atomic mass is 10.2. The minimum absolute atomic E-state index is 0.224. The Morgan fingerprint density at radius 3 is 2.59 bits per heavy atom. The van der Waals surface area contributed by atoms with Gasteiger partial charge in [0.15, 0.2) is 5.13 Å². The number of anilines is 4. The Hall–Kier alpha value is -3.94. The molecular weight excluding hydrogens is 526 g/mol. The molecule has 4 aromatic rings. The zero-order valence-electron chi connectivity index (χ0n) is 21.8. The normalized spacial score (nSPS) is 14.2. The molecule has 1 amide bonds. The number of fused-ring (bicyclic) bond motifs is 1. The number of hydrogen-bond acceptors (Lipinski definition) is 10. The van der Waals surface area contributed by atoms with Crippen molar-refractivity contribution in [1.29, 1.82) is 0 Å². The van der Waals surface area contributed by atoms with Crippen LogP contribution in [0.4, 0.5) is 36.0 Å². The molecule has 1 N–H and O–H groups in total. The van der Waals surface area contributed by atoms with Gasteiger partial charge in [0.1, 0.15) is 33.6 Å². The van der Waals surface area contributed by atoms with Gasteiger partial charge in [-0.15, -0.1) is 5.06 Å². The Bertz CT molecular complexity index is 1480. The number of carbonyl (C=O) groups excluding carboxylic acids is 1. The Labute approximate surface area is 228 Å². The number of nitrogens with zero attached hydrogens (tertiary/aromatic N) is 7. The highest BCUT2D eigenvalue weighted by molar-refractivity contribution is 7.21. The van der Waals surface area contributed by atoms with Crippen molar-refractivity contribution in [3.8, 4) is 0 Å². The van der Waals surface area contributed by atoms with Crippen molar-refractivity contribution in [3.63, 3.8) is 0 Å². The van der Waals surface area contributed by atoms with Gasteiger partial charge in [0.2, 0.25) is 0 Å². The summed E-state index contributed by atoms with van der Waals surface area (Å²) in [5.41, 5.74) is 2.00. The van der Waals surface area contributed by atoms with Gasteiger partial charge in [-0.2, -0.15) is 0 Å². The van der Waals surface area contributed by atoms with Crippen molar-refractivity contribution in [3.05, 3.63) is 65.9 Å². The lowest BCUT2D eigenvalue weighted by Gasteiger charge is -2.34. The van der Waals surface area contributed by atoms with E-state index in [1.165, 1.54) is 28.5 Å². The molecule has 0 unspecified atom stereocenters. The van der Waals surface area contributed by atoms with Crippen molar-refractivity contribution >= 4 is 50.2 Å². The van der Waals surface area contributed by atoms with E-state index in [0.717, 1.165) is 31.3 Å². The summed E-state index contributed by atoms with van der Waals surface area (Å²) in [6.45, 7) is 3.43. The van der Waals surface area contributed by atoms with Crippen molar-refractivity contribution < 1.29 is 18.4 Å². The van der Waals surface area contributed by atoms with E-state index in [9.17, 15) is 13.6 Å². The molecule has 204 valence electrons. The number of piperazine rings is 1. The van der Waals surface area contributed by atoms with Crippen LogP contribution in [0.25, 0.3) is 10.3 Å². The smallest absolute Gasteiger partial charge is 0.351 e. The summed E-state index contributed by atoms with van der Waals surface area (Å²) >= 11 is 1.36. The molecule has 10 nitrogen and oxygen atoms in total. The van der Waals surface area contributed by atoms with Gasteiger partial charge in [-0.3, -0.25) is 4.90 Å². The van der Waals surface area contributed by atoms with Crippen LogP contribution in [0.2, 0.25) is 0 Å². The number of carbonyl (C=O) groups is 1. The van der Waals surface area contributed by atoms with Gasteiger partial charge in [0.25, 0.3) is 0 Å². The number of halogens is 2. The van der Waals surface area contributed by atoms with Crippen molar-refractivity contribution in [2.24, 2.45) is 0 Å². The average Bonchev–Trinajstić information content (AvgIpc) is 3.30. The molecular formula is C26H28F2N8O2S. The highest BCUT2D eigenvalue weighted by Crippen LogP contribution is 2.31. The maximum Gasteiger partial charge on any atom is 0.429 e. The Balaban J connectivity index is 1.23. The predicted octanol–water partition coefficient (Wildman–Crippen LogP) is 4.61. The number of hydrogen-bond donors (Lipinski definition) is 1. The third kappa shape index (κ3) is 6.38. The third-order valence-corrected chi connectivity index (χ3v) is 7.09. The second-order valence-electron chi connectivity index (χ2n) is 9.27. The Morgan fingerprint density at radius 2 is 1.85 bits per heavy atom. The van der Waals surface area contributed by atoms with Crippen molar-refractivity contribution in [2.75, 3.05) is 57.5 Å². The quantitative estimate of drug-likeness (QED) is 0.329. The molecule has 1 aliphatic heterocycles. The highest BCUT2D eigenvalue weighted by Gasteiger charge is 2.23. The van der Waals surface area contributed by atoms with Crippen LogP contribution in [0.1, 0.15) is 5.56 Å². The zero-order valence-corrected chi connectivity index (χ0v) is 22.6. The van der Waals surface area contributed by atoms with Crippen LogP contribution in [0, 0.1) is 11.6 Å². The van der Waals surface area contributed by atoms with E-state index in [-0.39, 0.29) is 11.8 Å². The molecule has 1 aliphatic rings. The fourth-order valence-electron chi connectivity index (χ4n) is 4.24. The summed E-state index contributed by atoms with van der Waals surface area (Å²) in [6, 6.07) is 10.9. The molecule has 1 aromatic carbocycles. The summed E-state index contributed by atoms with van der Waals surface area (Å²) in [7, 11) is 5.04. The minimum Gasteiger partial charge on any atom is -0.351 e. The molecule has 0 spiro atoms. The van der Waals surface area contributed by atoms with Gasteiger partial charge in [-0.05, 0) is 42.0 Å². The Morgan fingerprint density at radius 1 is 1.05 bits per heavy atom. The van der Waals surface area contributed by atoms with E-state index in [2.05, 4.69) is 25.2 Å². The monoisotopic (exact) mass is 554 g/mol. The van der Waals surface area contributed by atoms with Crippen LogP contribution in [0.3, 0.4) is 0 Å². The number of benzene rings is 1. The molecule has 3 aromatic heterocycles. The third-order valence-electron chi connectivity index (χ3n) is 6.21. The molecule has 0 radical (unpaired) electrons. The van der Waals surface area contributed by atoms with Gasteiger partial charge >= 0.3 is 6.09 Å². The first-order chi connectivity index (χ1) is 18.7. The number of aromatic nitrogens is 3. The summed E-state index contributed by atoms with van der Waals surface area (Å²) in [4.78, 5) is 37.1. The van der Waals surface area contributed by atoms with Gasteiger partial charge in [0.05, 0.1) is 5.69 Å². The fraction of sp³-hybridized carbons (Fsp3) is 0.308. The molecule has 0 atom stereocenters. The van der Waals surface area contributed by atoms with Crippen LogP contribution in [-0.4, -0.2) is 83.2 Å². The maximum atomic E-state index is 14.3. The van der Waals surface area contributed by atoms with Crippen LogP contribution < -0.4 is 10.2 Å². The van der Waals surface area contributed by atoms with Gasteiger partial charge < -0.3 is 20.0 Å². The molecule has 1 fully saturated rings. The summed E-state index contributed by atoms with van der Waals surface area (Å²) < 4.78 is 27.6. The molecule has 0 saturated carbocycles. The SMILES string of the molecule is CN(C)OC(=O)N1CCN(Cc2ccnc(Nc3nc4ccc(N(C)c5ccc(F)cc5F)nc4s3)c2)CC1. The number of thiazole rings is 1. The van der Waals surface area contributed by atoms with E-state index in [0.29, 0.717) is 40.2 Å². The molecule has 4 heterocycles. The molecule has 0 aliphatic carbocycles. The van der Waals surface area contributed by atoms with Crippen LogP contribution in [-0.2, 0) is 11.4 Å². The minimum atomic E-state index is -0.661. The number of rotatable bonds is 7. The highest BCUT2D eigenvalue weighted by atomic mass is 32.1. The largest absolute Gasteiger partial charge is 0.429 e.